The Morgan fingerprint density at radius 2 is 2.24 bits per heavy atom. The van der Waals surface area contributed by atoms with Gasteiger partial charge in [0.1, 0.15) is 10.7 Å². The third-order valence-corrected chi connectivity index (χ3v) is 4.23. The lowest BCUT2D eigenvalue weighted by atomic mass is 10.3. The predicted molar refractivity (Wildman–Crippen MR) is 78.5 cm³/mol. The number of halogens is 1. The molecule has 0 unspecified atom stereocenters. The molecule has 2 heterocycles. The monoisotopic (exact) mass is 326 g/mol. The van der Waals surface area contributed by atoms with Crippen molar-refractivity contribution in [2.75, 3.05) is 5.32 Å². The van der Waals surface area contributed by atoms with Crippen LogP contribution in [0.15, 0.2) is 39.8 Å². The number of nitrogens with zero attached hydrogens (tertiary/aromatic N) is 1. The molecule has 0 aliphatic carbocycles. The van der Waals surface area contributed by atoms with Gasteiger partial charge in [-0.15, -0.1) is 0 Å². The van der Waals surface area contributed by atoms with Crippen LogP contribution < -0.4 is 10.5 Å². The first-order valence-corrected chi connectivity index (χ1v) is 7.84. The number of nitrogens with two attached hydrogens (primary N) is 1. The van der Waals surface area contributed by atoms with Crippen molar-refractivity contribution in [1.29, 1.82) is 0 Å². The molecule has 0 aliphatic rings. The van der Waals surface area contributed by atoms with Gasteiger partial charge >= 0.3 is 0 Å². The molecule has 0 bridgehead atoms. The molecule has 0 saturated carbocycles. The summed E-state index contributed by atoms with van der Waals surface area (Å²) in [5.41, 5.74) is 1.06. The van der Waals surface area contributed by atoms with Gasteiger partial charge < -0.3 is 14.7 Å². The summed E-state index contributed by atoms with van der Waals surface area (Å²) >= 11 is 5.91. The van der Waals surface area contributed by atoms with Crippen LogP contribution in [0.25, 0.3) is 11.0 Å². The highest BCUT2D eigenvalue weighted by atomic mass is 35.5. The highest BCUT2D eigenvalue weighted by Gasteiger charge is 2.16. The molecular formula is C12H11ClN4O3S. The summed E-state index contributed by atoms with van der Waals surface area (Å²) in [6.45, 7) is 0.447. The van der Waals surface area contributed by atoms with Crippen LogP contribution in [-0.2, 0) is 16.6 Å². The molecule has 0 spiro atoms. The van der Waals surface area contributed by atoms with Gasteiger partial charge in [0.15, 0.2) is 0 Å². The van der Waals surface area contributed by atoms with E-state index >= 15 is 0 Å². The zero-order chi connectivity index (χ0) is 15.0. The summed E-state index contributed by atoms with van der Waals surface area (Å²) in [6.07, 6.45) is 1.58. The van der Waals surface area contributed by atoms with E-state index in [9.17, 15) is 8.42 Å². The smallest absolute Gasteiger partial charge is 0.239 e. The fraction of sp³-hybridized carbons (Fsp3) is 0.0833. The van der Waals surface area contributed by atoms with Gasteiger partial charge in [0.05, 0.1) is 28.9 Å². The predicted octanol–water partition coefficient (Wildman–Crippen LogP) is 2.07. The van der Waals surface area contributed by atoms with Crippen LogP contribution in [0.1, 0.15) is 5.76 Å². The molecule has 3 aromatic rings. The van der Waals surface area contributed by atoms with Crippen molar-refractivity contribution in [3.63, 3.8) is 0 Å². The van der Waals surface area contributed by atoms with Crippen molar-refractivity contribution in [3.8, 4) is 0 Å². The van der Waals surface area contributed by atoms with Crippen molar-refractivity contribution in [2.24, 2.45) is 5.14 Å². The van der Waals surface area contributed by atoms with Crippen molar-refractivity contribution in [1.82, 2.24) is 9.97 Å². The van der Waals surface area contributed by atoms with E-state index in [1.54, 1.807) is 12.3 Å². The highest BCUT2D eigenvalue weighted by molar-refractivity contribution is 7.89. The maximum atomic E-state index is 11.4. The summed E-state index contributed by atoms with van der Waals surface area (Å²) in [4.78, 5) is 7.08. The number of H-pyrrole nitrogens is 1. The number of anilines is 1. The average molecular weight is 327 g/mol. The van der Waals surface area contributed by atoms with E-state index in [0.717, 1.165) is 5.76 Å². The van der Waals surface area contributed by atoms with Gasteiger partial charge in [-0.1, -0.05) is 11.6 Å². The molecule has 0 atom stereocenters. The Labute approximate surface area is 125 Å². The Kier molecular flexibility index (Phi) is 3.36. The molecule has 110 valence electrons. The largest absolute Gasteiger partial charge is 0.467 e. The number of hydrogen-bond donors (Lipinski definition) is 3. The molecule has 0 radical (unpaired) electrons. The normalized spacial score (nSPS) is 11.9. The fourth-order valence-electron chi connectivity index (χ4n) is 1.90. The Morgan fingerprint density at radius 1 is 1.43 bits per heavy atom. The van der Waals surface area contributed by atoms with E-state index in [2.05, 4.69) is 15.3 Å². The molecule has 0 aliphatic heterocycles. The third kappa shape index (κ3) is 2.87. The summed E-state index contributed by atoms with van der Waals surface area (Å²) in [5, 5.41) is 8.17. The number of fused-ring (bicyclic) bond motifs is 1. The van der Waals surface area contributed by atoms with E-state index in [1.807, 2.05) is 6.07 Å². The molecule has 7 nitrogen and oxygen atoms in total. The zero-order valence-corrected chi connectivity index (χ0v) is 12.2. The Morgan fingerprint density at radius 3 is 2.90 bits per heavy atom. The van der Waals surface area contributed by atoms with Crippen LogP contribution in [-0.4, -0.2) is 18.4 Å². The van der Waals surface area contributed by atoms with E-state index in [4.69, 9.17) is 21.2 Å². The van der Waals surface area contributed by atoms with E-state index in [1.165, 1.54) is 12.1 Å². The van der Waals surface area contributed by atoms with E-state index in [-0.39, 0.29) is 9.92 Å². The number of imidazole rings is 1. The maximum absolute atomic E-state index is 11.4. The number of sulfonamides is 1. The highest BCUT2D eigenvalue weighted by Crippen LogP contribution is 2.26. The Hall–Kier alpha value is -2.03. The van der Waals surface area contributed by atoms with Gasteiger partial charge in [-0.3, -0.25) is 0 Å². The molecule has 9 heteroatoms. The molecule has 4 N–H and O–H groups in total. The number of rotatable bonds is 4. The number of primary sulfonamides is 1. The quantitative estimate of drug-likeness (QED) is 0.679. The minimum Gasteiger partial charge on any atom is -0.467 e. The summed E-state index contributed by atoms with van der Waals surface area (Å²) in [5.74, 6) is 1.22. The van der Waals surface area contributed by atoms with Crippen molar-refractivity contribution < 1.29 is 12.8 Å². The molecule has 3 rings (SSSR count). The molecule has 21 heavy (non-hydrogen) atoms. The lowest BCUT2D eigenvalue weighted by molar-refractivity contribution is 0.517. The SMILES string of the molecule is NS(=O)(=O)c1cc2[nH]c(NCc3ccco3)nc2cc1Cl. The number of nitrogens with one attached hydrogen (secondary N) is 2. The number of benzene rings is 1. The molecule has 1 aromatic carbocycles. The second-order valence-electron chi connectivity index (χ2n) is 4.36. The average Bonchev–Trinajstić information content (AvgIpc) is 3.02. The molecule has 0 fully saturated rings. The topological polar surface area (TPSA) is 114 Å². The van der Waals surface area contributed by atoms with Crippen LogP contribution in [0.3, 0.4) is 0 Å². The minimum absolute atomic E-state index is 0.0362. The minimum atomic E-state index is -3.88. The second kappa shape index (κ2) is 5.06. The van der Waals surface area contributed by atoms with Crippen LogP contribution in [0.2, 0.25) is 5.02 Å². The first-order chi connectivity index (χ1) is 9.93. The number of furan rings is 1. The second-order valence-corrected chi connectivity index (χ2v) is 6.30. The molecular weight excluding hydrogens is 316 g/mol. The molecule has 0 amide bonds. The van der Waals surface area contributed by atoms with Gasteiger partial charge in [0.25, 0.3) is 0 Å². The first-order valence-electron chi connectivity index (χ1n) is 5.92. The van der Waals surface area contributed by atoms with E-state index < -0.39 is 10.0 Å². The van der Waals surface area contributed by atoms with Gasteiger partial charge in [0, 0.05) is 0 Å². The first kappa shape index (κ1) is 13.9. The number of hydrogen-bond acceptors (Lipinski definition) is 5. The van der Waals surface area contributed by atoms with Gasteiger partial charge in [-0.25, -0.2) is 18.5 Å². The van der Waals surface area contributed by atoms with Crippen molar-refractivity contribution in [3.05, 3.63) is 41.3 Å². The van der Waals surface area contributed by atoms with E-state index in [0.29, 0.717) is 23.5 Å². The van der Waals surface area contributed by atoms with Gasteiger partial charge in [-0.05, 0) is 24.3 Å². The summed E-state index contributed by atoms with van der Waals surface area (Å²) < 4.78 is 28.0. The van der Waals surface area contributed by atoms with Crippen molar-refractivity contribution in [2.45, 2.75) is 11.4 Å². The standard InChI is InChI=1S/C12H11ClN4O3S/c13-8-4-9-10(5-11(8)21(14,18)19)17-12(16-9)15-6-7-2-1-3-20-7/h1-5H,6H2,(H2,14,18,19)(H2,15,16,17). The number of aromatic nitrogens is 2. The molecule has 2 aromatic heterocycles. The van der Waals surface area contributed by atoms with Crippen LogP contribution in [0.5, 0.6) is 0 Å². The number of aromatic amines is 1. The van der Waals surface area contributed by atoms with Crippen LogP contribution in [0, 0.1) is 0 Å². The van der Waals surface area contributed by atoms with Crippen LogP contribution >= 0.6 is 11.6 Å². The fourth-order valence-corrected chi connectivity index (χ4v) is 2.99. The maximum Gasteiger partial charge on any atom is 0.239 e. The van der Waals surface area contributed by atoms with Crippen LogP contribution in [0.4, 0.5) is 5.95 Å². The summed E-state index contributed by atoms with van der Waals surface area (Å²) in [6, 6.07) is 6.42. The Balaban J connectivity index is 1.93. The van der Waals surface area contributed by atoms with Gasteiger partial charge in [0.2, 0.25) is 16.0 Å². The van der Waals surface area contributed by atoms with Crippen molar-refractivity contribution >= 4 is 38.6 Å². The van der Waals surface area contributed by atoms with Gasteiger partial charge in [-0.2, -0.15) is 0 Å². The summed E-state index contributed by atoms with van der Waals surface area (Å²) in [7, 11) is -3.88. The third-order valence-electron chi connectivity index (χ3n) is 2.85. The lowest BCUT2D eigenvalue weighted by Gasteiger charge is -2.00. The lowest BCUT2D eigenvalue weighted by Crippen LogP contribution is -2.12. The zero-order valence-electron chi connectivity index (χ0n) is 10.6. The Bertz CT molecular complexity index is 887. The molecule has 0 saturated heterocycles.